The van der Waals surface area contributed by atoms with Crippen molar-refractivity contribution >= 4 is 52.6 Å². The highest BCUT2D eigenvalue weighted by molar-refractivity contribution is 9.10. The second-order valence-electron chi connectivity index (χ2n) is 13.9. The molecular weight excluding hydrogens is 610 g/mol. The number of hydrogen-bond donors (Lipinski definition) is 2. The molecule has 1 saturated heterocycles. The van der Waals surface area contributed by atoms with E-state index in [2.05, 4.69) is 89.4 Å². The number of alkyl carbamates (subject to hydrolysis) is 1. The van der Waals surface area contributed by atoms with Crippen molar-refractivity contribution in [1.82, 2.24) is 15.3 Å². The lowest BCUT2D eigenvalue weighted by atomic mass is 9.92. The molecule has 0 unspecified atom stereocenters. The predicted molar refractivity (Wildman–Crippen MR) is 178 cm³/mol. The molecule has 10 heteroatoms. The van der Waals surface area contributed by atoms with Crippen LogP contribution in [-0.4, -0.2) is 55.2 Å². The fourth-order valence-corrected chi connectivity index (χ4v) is 6.76. The first-order valence-electron chi connectivity index (χ1n) is 14.7. The van der Waals surface area contributed by atoms with E-state index in [1.54, 1.807) is 0 Å². The number of fused-ring (bicyclic) bond motifs is 1. The molecule has 0 spiro atoms. The van der Waals surface area contributed by atoms with Crippen LogP contribution in [0.25, 0.3) is 10.9 Å². The van der Waals surface area contributed by atoms with E-state index >= 15 is 0 Å². The Bertz CT molecular complexity index is 1400. The number of aromatic nitrogens is 2. The molecule has 228 valence electrons. The second kappa shape index (κ2) is 12.5. The Morgan fingerprint density at radius 2 is 1.81 bits per heavy atom. The Labute approximate surface area is 260 Å². The number of nitrogens with one attached hydrogen (secondary N) is 2. The molecule has 2 N–H and O–H groups in total. The van der Waals surface area contributed by atoms with E-state index in [0.29, 0.717) is 13.1 Å². The normalized spacial score (nSPS) is 20.0. The van der Waals surface area contributed by atoms with Gasteiger partial charge in [0.1, 0.15) is 5.60 Å². The highest BCUT2D eigenvalue weighted by atomic mass is 79.9. The van der Waals surface area contributed by atoms with Crippen LogP contribution in [0.1, 0.15) is 54.2 Å². The molecule has 1 fully saturated rings. The van der Waals surface area contributed by atoms with E-state index in [1.165, 1.54) is 0 Å². The first kappa shape index (κ1) is 32.2. The summed E-state index contributed by atoms with van der Waals surface area (Å²) in [5.41, 5.74) is 3.25. The van der Waals surface area contributed by atoms with Gasteiger partial charge >= 0.3 is 6.09 Å². The maximum absolute atomic E-state index is 13.0. The van der Waals surface area contributed by atoms with E-state index in [9.17, 15) is 4.79 Å². The Kier molecular flexibility index (Phi) is 9.59. The third-order valence-electron chi connectivity index (χ3n) is 8.13. The van der Waals surface area contributed by atoms with Crippen LogP contribution >= 0.6 is 15.9 Å². The largest absolute Gasteiger partial charge is 0.444 e. The summed E-state index contributed by atoms with van der Waals surface area (Å²) < 4.78 is 13.6. The number of nitrogens with zero attached hydrogens (tertiary/aromatic N) is 3. The summed E-state index contributed by atoms with van der Waals surface area (Å²) in [6.07, 6.45) is 3.11. The number of hydrogen-bond acceptors (Lipinski definition) is 7. The smallest absolute Gasteiger partial charge is 0.408 e. The van der Waals surface area contributed by atoms with Crippen LogP contribution in [0, 0.1) is 5.92 Å². The average Bonchev–Trinajstić information content (AvgIpc) is 2.87. The molecule has 1 aliphatic heterocycles. The van der Waals surface area contributed by atoms with Crippen LogP contribution in [0.3, 0.4) is 0 Å². The molecule has 0 aliphatic carbocycles. The predicted octanol–water partition coefficient (Wildman–Crippen LogP) is 7.74. The summed E-state index contributed by atoms with van der Waals surface area (Å²) in [6, 6.07) is 12.0. The average molecular weight is 657 g/mol. The van der Waals surface area contributed by atoms with Gasteiger partial charge in [-0.3, -0.25) is 9.97 Å². The lowest BCUT2D eigenvalue weighted by Crippen LogP contribution is -2.62. The molecule has 3 atom stereocenters. The van der Waals surface area contributed by atoms with Crippen molar-refractivity contribution < 1.29 is 14.0 Å². The van der Waals surface area contributed by atoms with Gasteiger partial charge in [0.15, 0.2) is 8.32 Å². The topological polar surface area (TPSA) is 88.6 Å². The van der Waals surface area contributed by atoms with Crippen LogP contribution in [0.4, 0.5) is 16.2 Å². The summed E-state index contributed by atoms with van der Waals surface area (Å²) in [5, 5.41) is 7.89. The molecule has 0 saturated carbocycles. The molecule has 0 bridgehead atoms. The number of pyridine rings is 2. The van der Waals surface area contributed by atoms with E-state index < -0.39 is 20.0 Å². The number of anilines is 2. The third kappa shape index (κ3) is 8.02. The number of carbonyl (C=O) groups is 1. The second-order valence-corrected chi connectivity index (χ2v) is 19.5. The molecule has 3 aromatic rings. The summed E-state index contributed by atoms with van der Waals surface area (Å²) >= 11 is 3.54. The lowest BCUT2D eigenvalue weighted by Gasteiger charge is -2.48. The maximum Gasteiger partial charge on any atom is 0.408 e. The minimum absolute atomic E-state index is 0.0510. The van der Waals surface area contributed by atoms with Gasteiger partial charge in [-0.25, -0.2) is 4.79 Å². The minimum Gasteiger partial charge on any atom is -0.444 e. The molecule has 8 nitrogen and oxygen atoms in total. The molecule has 2 aromatic heterocycles. The lowest BCUT2D eigenvalue weighted by molar-refractivity contribution is 0.0336. The molecule has 42 heavy (non-hydrogen) atoms. The highest BCUT2D eigenvalue weighted by Gasteiger charge is 2.45. The number of benzene rings is 1. The zero-order chi connectivity index (χ0) is 30.9. The minimum atomic E-state index is -2.10. The number of carbonyl (C=O) groups excluding carboxylic acids is 1. The van der Waals surface area contributed by atoms with Gasteiger partial charge in [-0.2, -0.15) is 0 Å². The first-order valence-corrected chi connectivity index (χ1v) is 18.4. The molecule has 4 rings (SSSR count). The van der Waals surface area contributed by atoms with Gasteiger partial charge in [-0.15, -0.1) is 0 Å². The molecule has 1 aromatic carbocycles. The van der Waals surface area contributed by atoms with Crippen molar-refractivity contribution in [2.45, 2.75) is 90.9 Å². The van der Waals surface area contributed by atoms with Crippen LogP contribution in [0.5, 0.6) is 0 Å². The highest BCUT2D eigenvalue weighted by Crippen LogP contribution is 2.40. The Morgan fingerprint density at radius 1 is 1.10 bits per heavy atom. The van der Waals surface area contributed by atoms with Gasteiger partial charge < -0.3 is 24.7 Å². The standard InChI is InChI=1S/C32H46BrN5O3Si/c1-21-19-38(20-27(37-30(39)40-31(2,3)4)29(21)41-42(8,9)32(5,6)7)28-14-15-34-18-26(28)35-17-24-13-11-22-10-12-23(33)16-25(22)36-24/h10-16,18,21,27,29,35H,17,19-20H2,1-9H3,(H,37,39)/t21-,27+,29+/m0/s1. The van der Waals surface area contributed by atoms with Crippen molar-refractivity contribution in [1.29, 1.82) is 0 Å². The van der Waals surface area contributed by atoms with Crippen LogP contribution in [0.2, 0.25) is 18.1 Å². The maximum atomic E-state index is 13.0. The van der Waals surface area contributed by atoms with E-state index in [4.69, 9.17) is 14.1 Å². The Morgan fingerprint density at radius 3 is 2.50 bits per heavy atom. The van der Waals surface area contributed by atoms with Gasteiger partial charge in [-0.1, -0.05) is 55.8 Å². The van der Waals surface area contributed by atoms with E-state index in [0.717, 1.165) is 39.0 Å². The number of ether oxygens (including phenoxy) is 1. The zero-order valence-corrected chi connectivity index (χ0v) is 29.0. The monoisotopic (exact) mass is 655 g/mol. The number of rotatable bonds is 7. The zero-order valence-electron chi connectivity index (χ0n) is 26.4. The molecule has 1 aliphatic rings. The SMILES string of the molecule is C[C@H]1CN(c2ccncc2NCc2ccc3ccc(Br)cc3n2)C[C@@H](NC(=O)OC(C)(C)C)[C@@H]1O[Si](C)(C)C(C)(C)C. The Balaban J connectivity index is 1.57. The number of amides is 1. The van der Waals surface area contributed by atoms with Gasteiger partial charge in [0, 0.05) is 35.1 Å². The van der Waals surface area contributed by atoms with Gasteiger partial charge in [0.25, 0.3) is 0 Å². The van der Waals surface area contributed by atoms with Crippen molar-refractivity contribution in [2.24, 2.45) is 5.92 Å². The number of halogens is 1. The van der Waals surface area contributed by atoms with Crippen LogP contribution in [-0.2, 0) is 15.7 Å². The van der Waals surface area contributed by atoms with E-state index in [-0.39, 0.29) is 23.1 Å². The number of piperidine rings is 1. The Hall–Kier alpha value is -2.69. The molecule has 3 heterocycles. The van der Waals surface area contributed by atoms with Crippen molar-refractivity contribution in [3.05, 3.63) is 59.0 Å². The van der Waals surface area contributed by atoms with Crippen molar-refractivity contribution in [2.75, 3.05) is 23.3 Å². The molecular formula is C32H46BrN5O3Si. The quantitative estimate of drug-likeness (QED) is 0.252. The van der Waals surface area contributed by atoms with Gasteiger partial charge in [0.2, 0.25) is 0 Å². The summed E-state index contributed by atoms with van der Waals surface area (Å²) in [4.78, 5) is 24.6. The van der Waals surface area contributed by atoms with E-state index in [1.807, 2.05) is 57.4 Å². The molecule has 0 radical (unpaired) electrons. The van der Waals surface area contributed by atoms with Gasteiger partial charge in [-0.05, 0) is 63.2 Å². The summed E-state index contributed by atoms with van der Waals surface area (Å²) in [6.45, 7) is 21.0. The van der Waals surface area contributed by atoms with Crippen molar-refractivity contribution in [3.63, 3.8) is 0 Å². The van der Waals surface area contributed by atoms with Crippen LogP contribution in [0.15, 0.2) is 53.3 Å². The fourth-order valence-electron chi connectivity index (χ4n) is 4.98. The van der Waals surface area contributed by atoms with Crippen LogP contribution < -0.4 is 15.5 Å². The summed E-state index contributed by atoms with van der Waals surface area (Å²) in [7, 11) is -2.10. The fraction of sp³-hybridized carbons (Fsp3) is 0.531. The summed E-state index contributed by atoms with van der Waals surface area (Å²) in [5.74, 6) is 0.162. The third-order valence-corrected chi connectivity index (χ3v) is 13.1. The first-order chi connectivity index (χ1) is 19.5. The molecule has 1 amide bonds. The van der Waals surface area contributed by atoms with Gasteiger partial charge in [0.05, 0.1) is 47.5 Å². The van der Waals surface area contributed by atoms with Crippen molar-refractivity contribution in [3.8, 4) is 0 Å².